The molecule has 0 spiro atoms. The van der Waals surface area contributed by atoms with Crippen molar-refractivity contribution in [1.82, 2.24) is 10.2 Å². The highest BCUT2D eigenvalue weighted by molar-refractivity contribution is 14.1. The Balaban J connectivity index is 1.56. The molecule has 4 amide bonds. The number of anilines is 1. The molecule has 146 valence electrons. The number of carbonyl (C=O) groups excluding carboxylic acids is 3. The van der Waals surface area contributed by atoms with Crippen molar-refractivity contribution >= 4 is 56.9 Å². The molecule has 1 aliphatic rings. The SMILES string of the molecule is CC1(c2ccc3ccccc3c2)NC(=O)N(CC(=O)Nc2ccccc2I)C1=O. The van der Waals surface area contributed by atoms with Gasteiger partial charge < -0.3 is 10.6 Å². The van der Waals surface area contributed by atoms with Gasteiger partial charge in [-0.3, -0.25) is 14.5 Å². The smallest absolute Gasteiger partial charge is 0.324 e. The molecule has 0 bridgehead atoms. The Morgan fingerprint density at radius 3 is 2.48 bits per heavy atom. The van der Waals surface area contributed by atoms with Crippen molar-refractivity contribution in [1.29, 1.82) is 0 Å². The Morgan fingerprint density at radius 1 is 1.03 bits per heavy atom. The van der Waals surface area contributed by atoms with Gasteiger partial charge in [0.25, 0.3) is 5.91 Å². The van der Waals surface area contributed by atoms with E-state index in [4.69, 9.17) is 0 Å². The average molecular weight is 499 g/mol. The summed E-state index contributed by atoms with van der Waals surface area (Å²) in [6.07, 6.45) is 0. The fraction of sp³-hybridized carbons (Fsp3) is 0.136. The molecule has 2 N–H and O–H groups in total. The highest BCUT2D eigenvalue weighted by Gasteiger charge is 2.49. The number of benzene rings is 3. The molecule has 3 aromatic rings. The van der Waals surface area contributed by atoms with E-state index in [0.29, 0.717) is 11.3 Å². The van der Waals surface area contributed by atoms with Gasteiger partial charge in [-0.15, -0.1) is 0 Å². The number of halogens is 1. The first-order chi connectivity index (χ1) is 13.9. The minimum absolute atomic E-state index is 0.348. The van der Waals surface area contributed by atoms with Gasteiger partial charge in [-0.2, -0.15) is 0 Å². The standard InChI is InChI=1S/C22H18IN3O3/c1-22(16-11-10-14-6-2-3-7-15(14)12-16)20(28)26(21(29)25-22)13-19(27)24-18-9-5-4-8-17(18)23/h2-12H,13H2,1H3,(H,24,27)(H,25,29). The maximum atomic E-state index is 13.1. The molecule has 4 rings (SSSR count). The lowest BCUT2D eigenvalue weighted by Gasteiger charge is -2.22. The van der Waals surface area contributed by atoms with Crippen LogP contribution in [0.1, 0.15) is 12.5 Å². The highest BCUT2D eigenvalue weighted by atomic mass is 127. The molecule has 0 aliphatic carbocycles. The van der Waals surface area contributed by atoms with Gasteiger partial charge in [0.05, 0.1) is 5.69 Å². The maximum absolute atomic E-state index is 13.1. The van der Waals surface area contributed by atoms with Gasteiger partial charge in [-0.25, -0.2) is 4.79 Å². The molecule has 0 radical (unpaired) electrons. The van der Waals surface area contributed by atoms with Gasteiger partial charge in [0, 0.05) is 3.57 Å². The minimum Gasteiger partial charge on any atom is -0.324 e. The summed E-state index contributed by atoms with van der Waals surface area (Å²) in [6, 6.07) is 20.2. The molecule has 0 saturated carbocycles. The third-order valence-corrected chi connectivity index (χ3v) is 5.99. The van der Waals surface area contributed by atoms with Crippen molar-refractivity contribution in [2.24, 2.45) is 0 Å². The molecule has 3 aromatic carbocycles. The normalized spacial score (nSPS) is 18.8. The summed E-state index contributed by atoms with van der Waals surface area (Å²) in [5, 5.41) is 7.52. The Hall–Kier alpha value is -2.94. The molecule has 1 unspecified atom stereocenters. The molecule has 7 heteroatoms. The molecule has 29 heavy (non-hydrogen) atoms. The van der Waals surface area contributed by atoms with Crippen LogP contribution in [-0.4, -0.2) is 29.3 Å². The van der Waals surface area contributed by atoms with E-state index in [1.54, 1.807) is 13.0 Å². The van der Waals surface area contributed by atoms with Crippen LogP contribution >= 0.6 is 22.6 Å². The number of imide groups is 1. The largest absolute Gasteiger partial charge is 0.325 e. The predicted octanol–water partition coefficient (Wildman–Crippen LogP) is 3.85. The van der Waals surface area contributed by atoms with E-state index >= 15 is 0 Å². The monoisotopic (exact) mass is 499 g/mol. The van der Waals surface area contributed by atoms with Gasteiger partial charge in [0.2, 0.25) is 5.91 Å². The second kappa shape index (κ2) is 7.47. The molecular weight excluding hydrogens is 481 g/mol. The fourth-order valence-corrected chi connectivity index (χ4v) is 3.95. The lowest BCUT2D eigenvalue weighted by atomic mass is 9.90. The van der Waals surface area contributed by atoms with Crippen molar-refractivity contribution in [2.45, 2.75) is 12.5 Å². The number of urea groups is 1. The summed E-state index contributed by atoms with van der Waals surface area (Å²) in [4.78, 5) is 39.0. The number of hydrogen-bond donors (Lipinski definition) is 2. The minimum atomic E-state index is -1.22. The zero-order chi connectivity index (χ0) is 20.6. The van der Waals surface area contributed by atoms with Crippen LogP contribution in [-0.2, 0) is 15.1 Å². The van der Waals surface area contributed by atoms with Crippen molar-refractivity contribution in [3.63, 3.8) is 0 Å². The number of hydrogen-bond acceptors (Lipinski definition) is 3. The summed E-state index contributed by atoms with van der Waals surface area (Å²) in [5.41, 5.74) is 0.0975. The second-order valence-electron chi connectivity index (χ2n) is 7.04. The van der Waals surface area contributed by atoms with Gasteiger partial charge in [-0.1, -0.05) is 48.5 Å². The molecule has 1 saturated heterocycles. The Kier molecular flexibility index (Phi) is 4.99. The van der Waals surface area contributed by atoms with Crippen LogP contribution < -0.4 is 10.6 Å². The summed E-state index contributed by atoms with van der Waals surface area (Å²) < 4.78 is 0.872. The van der Waals surface area contributed by atoms with Crippen LogP contribution in [0.3, 0.4) is 0 Å². The maximum Gasteiger partial charge on any atom is 0.325 e. The first kappa shape index (κ1) is 19.4. The van der Waals surface area contributed by atoms with E-state index in [0.717, 1.165) is 19.2 Å². The third kappa shape index (κ3) is 3.57. The van der Waals surface area contributed by atoms with Crippen LogP contribution in [0.25, 0.3) is 10.8 Å². The van der Waals surface area contributed by atoms with E-state index in [1.807, 2.05) is 60.7 Å². The molecule has 1 fully saturated rings. The number of fused-ring (bicyclic) bond motifs is 1. The highest BCUT2D eigenvalue weighted by Crippen LogP contribution is 2.31. The summed E-state index contributed by atoms with van der Waals surface area (Å²) in [7, 11) is 0. The Labute approximate surface area is 181 Å². The Bertz CT molecular complexity index is 1150. The lowest BCUT2D eigenvalue weighted by molar-refractivity contribution is -0.133. The Morgan fingerprint density at radius 2 is 1.72 bits per heavy atom. The van der Waals surface area contributed by atoms with Crippen molar-refractivity contribution in [3.8, 4) is 0 Å². The number of amides is 4. The third-order valence-electron chi connectivity index (χ3n) is 5.05. The number of nitrogens with one attached hydrogen (secondary N) is 2. The molecule has 1 heterocycles. The number of rotatable bonds is 4. The molecule has 1 aliphatic heterocycles. The number of nitrogens with zero attached hydrogens (tertiary/aromatic N) is 1. The zero-order valence-corrected chi connectivity index (χ0v) is 17.8. The summed E-state index contributed by atoms with van der Waals surface area (Å²) in [6.45, 7) is 1.31. The predicted molar refractivity (Wildman–Crippen MR) is 119 cm³/mol. The molecule has 1 atom stereocenters. The van der Waals surface area contributed by atoms with Crippen LogP contribution in [0, 0.1) is 3.57 Å². The number of para-hydroxylation sites is 1. The van der Waals surface area contributed by atoms with E-state index in [9.17, 15) is 14.4 Å². The van der Waals surface area contributed by atoms with Crippen molar-refractivity contribution in [3.05, 3.63) is 75.9 Å². The lowest BCUT2D eigenvalue weighted by Crippen LogP contribution is -2.42. The quantitative estimate of drug-likeness (QED) is 0.423. The van der Waals surface area contributed by atoms with Gasteiger partial charge in [0.1, 0.15) is 12.1 Å². The molecular formula is C22H18IN3O3. The fourth-order valence-electron chi connectivity index (χ4n) is 3.43. The summed E-state index contributed by atoms with van der Waals surface area (Å²) >= 11 is 2.11. The summed E-state index contributed by atoms with van der Waals surface area (Å²) in [5.74, 6) is -0.879. The topological polar surface area (TPSA) is 78.5 Å². The molecule has 6 nitrogen and oxygen atoms in total. The second-order valence-corrected chi connectivity index (χ2v) is 8.20. The van der Waals surface area contributed by atoms with Crippen LogP contribution in [0.2, 0.25) is 0 Å². The zero-order valence-electron chi connectivity index (χ0n) is 15.6. The number of carbonyl (C=O) groups is 3. The first-order valence-electron chi connectivity index (χ1n) is 9.06. The van der Waals surface area contributed by atoms with Gasteiger partial charge in [-0.05, 0) is 64.0 Å². The van der Waals surface area contributed by atoms with Gasteiger partial charge >= 0.3 is 6.03 Å². The van der Waals surface area contributed by atoms with Crippen LogP contribution in [0.5, 0.6) is 0 Å². The average Bonchev–Trinajstić information content (AvgIpc) is 2.93. The van der Waals surface area contributed by atoms with E-state index < -0.39 is 23.4 Å². The van der Waals surface area contributed by atoms with Gasteiger partial charge in [0.15, 0.2) is 0 Å². The van der Waals surface area contributed by atoms with Crippen molar-refractivity contribution < 1.29 is 14.4 Å². The van der Waals surface area contributed by atoms with E-state index in [1.165, 1.54) is 0 Å². The first-order valence-corrected chi connectivity index (χ1v) is 10.1. The molecule has 0 aromatic heterocycles. The van der Waals surface area contributed by atoms with E-state index in [-0.39, 0.29) is 6.54 Å². The van der Waals surface area contributed by atoms with Crippen molar-refractivity contribution in [2.75, 3.05) is 11.9 Å². The van der Waals surface area contributed by atoms with E-state index in [2.05, 4.69) is 33.2 Å². The van der Waals surface area contributed by atoms with Crippen LogP contribution in [0.4, 0.5) is 10.5 Å². The van der Waals surface area contributed by atoms with Crippen LogP contribution in [0.15, 0.2) is 66.7 Å².